The van der Waals surface area contributed by atoms with Gasteiger partial charge in [-0.05, 0) is 12.5 Å². The van der Waals surface area contributed by atoms with Gasteiger partial charge in [0.1, 0.15) is 0 Å². The maximum atomic E-state index is 11.0. The standard InChI is InChI=1S/C10H13N2O9P/c13-6-8(22(18,19)20)3-4-21-10-2-1-7(11(14)15)5-9(10)12(16)17/h1-2,5,8,13H,3-4,6H2,(H2,18,19,20). The second-order valence-corrected chi connectivity index (χ2v) is 6.14. The highest BCUT2D eigenvalue weighted by Gasteiger charge is 2.28. The van der Waals surface area contributed by atoms with E-state index >= 15 is 0 Å². The minimum Gasteiger partial charge on any atom is -0.487 e. The number of nitro benzene ring substituents is 2. The molecule has 1 aromatic carbocycles. The number of nitrogens with zero attached hydrogens (tertiary/aromatic N) is 2. The van der Waals surface area contributed by atoms with Crippen molar-refractivity contribution in [2.45, 2.75) is 12.1 Å². The van der Waals surface area contributed by atoms with E-state index in [0.29, 0.717) is 0 Å². The Hall–Kier alpha value is -2.07. The fourth-order valence-corrected chi connectivity index (χ4v) is 2.21. The van der Waals surface area contributed by atoms with Crippen LogP contribution in [-0.4, -0.2) is 43.6 Å². The van der Waals surface area contributed by atoms with Crippen LogP contribution in [0, 0.1) is 20.2 Å². The van der Waals surface area contributed by atoms with Crippen molar-refractivity contribution in [1.82, 2.24) is 0 Å². The normalized spacial score (nSPS) is 12.7. The van der Waals surface area contributed by atoms with Crippen molar-refractivity contribution in [1.29, 1.82) is 0 Å². The van der Waals surface area contributed by atoms with Crippen LogP contribution in [0.1, 0.15) is 6.42 Å². The first-order valence-electron chi connectivity index (χ1n) is 5.88. The molecule has 1 rings (SSSR count). The maximum absolute atomic E-state index is 11.0. The first-order valence-corrected chi connectivity index (χ1v) is 7.56. The Balaban J connectivity index is 2.84. The van der Waals surface area contributed by atoms with Crippen LogP contribution >= 0.6 is 7.60 Å². The third-order valence-corrected chi connectivity index (χ3v) is 4.12. The third kappa shape index (κ3) is 4.74. The fraction of sp³-hybridized carbons (Fsp3) is 0.400. The van der Waals surface area contributed by atoms with E-state index in [4.69, 9.17) is 19.6 Å². The van der Waals surface area contributed by atoms with E-state index in [9.17, 15) is 24.8 Å². The Labute approximate surface area is 123 Å². The highest BCUT2D eigenvalue weighted by atomic mass is 31.2. The molecule has 22 heavy (non-hydrogen) atoms. The Morgan fingerprint density at radius 1 is 1.23 bits per heavy atom. The number of nitro groups is 2. The quantitative estimate of drug-likeness (QED) is 0.352. The summed E-state index contributed by atoms with van der Waals surface area (Å²) in [5.74, 6) is -0.266. The zero-order chi connectivity index (χ0) is 16.9. The van der Waals surface area contributed by atoms with Crippen molar-refractivity contribution in [2.24, 2.45) is 0 Å². The van der Waals surface area contributed by atoms with E-state index in [-0.39, 0.29) is 18.8 Å². The fourth-order valence-electron chi connectivity index (χ4n) is 1.55. The van der Waals surface area contributed by atoms with E-state index in [2.05, 4.69) is 0 Å². The number of ether oxygens (including phenoxy) is 1. The van der Waals surface area contributed by atoms with Crippen LogP contribution < -0.4 is 4.74 Å². The summed E-state index contributed by atoms with van der Waals surface area (Å²) in [4.78, 5) is 37.6. The van der Waals surface area contributed by atoms with Crippen LogP contribution in [0.15, 0.2) is 18.2 Å². The number of aliphatic hydroxyl groups is 1. The second-order valence-electron chi connectivity index (χ2n) is 4.23. The molecule has 0 aliphatic carbocycles. The zero-order valence-corrected chi connectivity index (χ0v) is 12.0. The topological polar surface area (TPSA) is 173 Å². The molecule has 0 spiro atoms. The predicted molar refractivity (Wildman–Crippen MR) is 72.8 cm³/mol. The van der Waals surface area contributed by atoms with E-state index in [1.54, 1.807) is 0 Å². The van der Waals surface area contributed by atoms with Crippen molar-refractivity contribution in [3.05, 3.63) is 38.4 Å². The maximum Gasteiger partial charge on any atom is 0.331 e. The number of aliphatic hydroxyl groups excluding tert-OH is 1. The second kappa shape index (κ2) is 7.27. The average Bonchev–Trinajstić information content (AvgIpc) is 2.41. The summed E-state index contributed by atoms with van der Waals surface area (Å²) in [5.41, 5.74) is -2.46. The zero-order valence-electron chi connectivity index (χ0n) is 11.1. The lowest BCUT2D eigenvalue weighted by Crippen LogP contribution is -2.17. The molecule has 0 saturated carbocycles. The third-order valence-electron chi connectivity index (χ3n) is 2.75. The van der Waals surface area contributed by atoms with E-state index in [0.717, 1.165) is 18.2 Å². The molecule has 11 nitrogen and oxygen atoms in total. The van der Waals surface area contributed by atoms with Gasteiger partial charge >= 0.3 is 13.3 Å². The van der Waals surface area contributed by atoms with Gasteiger partial charge < -0.3 is 19.6 Å². The number of rotatable bonds is 8. The lowest BCUT2D eigenvalue weighted by Gasteiger charge is -2.15. The van der Waals surface area contributed by atoms with Crippen LogP contribution in [0.25, 0.3) is 0 Å². The van der Waals surface area contributed by atoms with Crippen LogP contribution in [0.3, 0.4) is 0 Å². The van der Waals surface area contributed by atoms with Crippen molar-refractivity contribution in [3.63, 3.8) is 0 Å². The molecule has 3 N–H and O–H groups in total. The predicted octanol–water partition coefficient (Wildman–Crippen LogP) is 0.810. The van der Waals surface area contributed by atoms with Gasteiger partial charge in [0, 0.05) is 6.07 Å². The molecule has 122 valence electrons. The molecule has 1 atom stereocenters. The van der Waals surface area contributed by atoms with Gasteiger partial charge in [0.2, 0.25) is 0 Å². The summed E-state index contributed by atoms with van der Waals surface area (Å²) in [5, 5.41) is 30.3. The van der Waals surface area contributed by atoms with Gasteiger partial charge in [-0.1, -0.05) is 0 Å². The summed E-state index contributed by atoms with van der Waals surface area (Å²) in [6.45, 7) is -1.08. The molecule has 1 aromatic rings. The van der Waals surface area contributed by atoms with E-state index < -0.39 is 41.1 Å². The summed E-state index contributed by atoms with van der Waals surface area (Å²) in [6.07, 6.45) is -0.241. The molecule has 0 heterocycles. The van der Waals surface area contributed by atoms with Gasteiger partial charge in [-0.15, -0.1) is 0 Å². The Bertz CT molecular complexity index is 614. The lowest BCUT2D eigenvalue weighted by atomic mass is 10.2. The van der Waals surface area contributed by atoms with Gasteiger partial charge in [0.05, 0.1) is 34.8 Å². The first kappa shape index (κ1) is 18.0. The molecule has 12 heteroatoms. The minimum absolute atomic E-state index is 0.241. The first-order chi connectivity index (χ1) is 10.2. The molecule has 0 aromatic heterocycles. The monoisotopic (exact) mass is 336 g/mol. The number of hydrogen-bond acceptors (Lipinski definition) is 7. The number of non-ortho nitro benzene ring substituents is 1. The van der Waals surface area contributed by atoms with E-state index in [1.807, 2.05) is 0 Å². The Morgan fingerprint density at radius 2 is 1.86 bits per heavy atom. The Kier molecular flexibility index (Phi) is 5.94. The minimum atomic E-state index is -4.50. The summed E-state index contributed by atoms with van der Waals surface area (Å²) in [7, 11) is -4.50. The van der Waals surface area contributed by atoms with Gasteiger partial charge in [-0.2, -0.15) is 0 Å². The van der Waals surface area contributed by atoms with Crippen LogP contribution in [0.4, 0.5) is 11.4 Å². The molecular formula is C10H13N2O9P. The van der Waals surface area contributed by atoms with Gasteiger partial charge in [-0.3, -0.25) is 24.8 Å². The van der Waals surface area contributed by atoms with Gasteiger partial charge in [0.25, 0.3) is 5.69 Å². The SMILES string of the molecule is O=[N+]([O-])c1ccc(OCCC(CO)P(=O)(O)O)c([N+](=O)[O-])c1. The highest BCUT2D eigenvalue weighted by Crippen LogP contribution is 2.42. The van der Waals surface area contributed by atoms with Crippen LogP contribution in [0.5, 0.6) is 5.75 Å². The van der Waals surface area contributed by atoms with Crippen LogP contribution in [0.2, 0.25) is 0 Å². The van der Waals surface area contributed by atoms with Gasteiger partial charge in [-0.25, -0.2) is 0 Å². The molecule has 0 saturated heterocycles. The van der Waals surface area contributed by atoms with Crippen molar-refractivity contribution in [3.8, 4) is 5.75 Å². The largest absolute Gasteiger partial charge is 0.487 e. The van der Waals surface area contributed by atoms with Crippen LogP contribution in [-0.2, 0) is 4.57 Å². The summed E-state index contributed by atoms with van der Waals surface area (Å²) in [6, 6.07) is 2.76. The summed E-state index contributed by atoms with van der Waals surface area (Å²) < 4.78 is 16.0. The molecule has 0 fully saturated rings. The van der Waals surface area contributed by atoms with Gasteiger partial charge in [0.15, 0.2) is 5.75 Å². The van der Waals surface area contributed by atoms with Crippen molar-refractivity contribution in [2.75, 3.05) is 13.2 Å². The highest BCUT2D eigenvalue weighted by molar-refractivity contribution is 7.52. The summed E-state index contributed by atoms with van der Waals surface area (Å²) >= 11 is 0. The molecule has 1 unspecified atom stereocenters. The lowest BCUT2D eigenvalue weighted by molar-refractivity contribution is -0.394. The van der Waals surface area contributed by atoms with E-state index in [1.165, 1.54) is 0 Å². The average molecular weight is 336 g/mol. The van der Waals surface area contributed by atoms with Crippen molar-refractivity contribution >= 4 is 19.0 Å². The molecule has 0 aliphatic heterocycles. The number of hydrogen-bond donors (Lipinski definition) is 3. The smallest absolute Gasteiger partial charge is 0.331 e. The van der Waals surface area contributed by atoms with Crippen molar-refractivity contribution < 1.29 is 34.0 Å². The molecule has 0 bridgehead atoms. The molecule has 0 radical (unpaired) electrons. The molecular weight excluding hydrogens is 323 g/mol. The molecule has 0 aliphatic rings. The number of benzene rings is 1. The molecule has 0 amide bonds. The Morgan fingerprint density at radius 3 is 2.32 bits per heavy atom.